The van der Waals surface area contributed by atoms with E-state index in [1.165, 1.54) is 0 Å². The fourth-order valence-corrected chi connectivity index (χ4v) is 0.629. The number of halogens is 1. The van der Waals surface area contributed by atoms with Crippen molar-refractivity contribution >= 4 is 18.2 Å². The van der Waals surface area contributed by atoms with Gasteiger partial charge in [-0.3, -0.25) is 4.29 Å². The Kier molecular flexibility index (Phi) is 5.35. The lowest BCUT2D eigenvalue weighted by Gasteiger charge is -2.18. The number of carbonyl (C=O) groups is 1. The fourth-order valence-electron chi connectivity index (χ4n) is 0.481. The van der Waals surface area contributed by atoms with Crippen molar-refractivity contribution in [3.8, 4) is 0 Å². The van der Waals surface area contributed by atoms with E-state index in [9.17, 15) is 4.79 Å². The molecule has 6 heteroatoms. The number of aliphatic hydroxyl groups excluding tert-OH is 3. The maximum atomic E-state index is 10.0. The van der Waals surface area contributed by atoms with Crippen molar-refractivity contribution in [3.63, 3.8) is 0 Å². The summed E-state index contributed by atoms with van der Waals surface area (Å²) in [6.07, 6.45) is -4.02. The molecule has 0 bridgehead atoms. The second-order valence-corrected chi connectivity index (χ2v) is 2.11. The van der Waals surface area contributed by atoms with Gasteiger partial charge in [0.2, 0.25) is 0 Å². The van der Waals surface area contributed by atoms with Gasteiger partial charge in [-0.15, -0.1) is 0 Å². The van der Waals surface area contributed by atoms with Crippen LogP contribution in [0.4, 0.5) is 0 Å². The summed E-state index contributed by atoms with van der Waals surface area (Å²) in [6, 6.07) is 0. The first kappa shape index (κ1) is 10.8. The number of hydrogen-bond acceptors (Lipinski definition) is 5. The molecule has 0 rings (SSSR count). The number of hydrogen-bond donors (Lipinski definition) is 3. The maximum absolute atomic E-state index is 10.0. The van der Waals surface area contributed by atoms with Crippen molar-refractivity contribution in [1.82, 2.24) is 0 Å². The highest BCUT2D eigenvalue weighted by molar-refractivity contribution is 6.08. The van der Waals surface area contributed by atoms with Crippen LogP contribution in [-0.4, -0.2) is 46.5 Å². The Labute approximate surface area is 68.3 Å². The fraction of sp³-hybridized carbons (Fsp3) is 0.800. The van der Waals surface area contributed by atoms with Crippen LogP contribution < -0.4 is 0 Å². The Morgan fingerprint density at radius 1 is 1.55 bits per heavy atom. The average molecular weight is 185 g/mol. The van der Waals surface area contributed by atoms with Gasteiger partial charge in [0.15, 0.2) is 12.4 Å². The summed E-state index contributed by atoms with van der Waals surface area (Å²) in [5.74, 6) is 0. The molecule has 3 N–H and O–H groups in total. The van der Waals surface area contributed by atoms with Gasteiger partial charge in [-0.1, -0.05) is 0 Å². The van der Waals surface area contributed by atoms with E-state index in [1.807, 2.05) is 0 Å². The molecule has 0 aliphatic heterocycles. The molecule has 0 heterocycles. The molecule has 0 radical (unpaired) electrons. The van der Waals surface area contributed by atoms with Gasteiger partial charge in [-0.2, -0.15) is 0 Å². The summed E-state index contributed by atoms with van der Waals surface area (Å²) in [5, 5.41) is 26.0. The molecule has 0 aromatic heterocycles. The molecule has 11 heavy (non-hydrogen) atoms. The van der Waals surface area contributed by atoms with Crippen molar-refractivity contribution in [2.75, 3.05) is 6.61 Å². The number of aliphatic hydroxyl groups is 3. The van der Waals surface area contributed by atoms with Gasteiger partial charge in [-0.05, 0) is 0 Å². The summed E-state index contributed by atoms with van der Waals surface area (Å²) < 4.78 is 3.97. The minimum Gasteiger partial charge on any atom is -0.394 e. The van der Waals surface area contributed by atoms with E-state index in [4.69, 9.17) is 27.2 Å². The molecule has 0 saturated carbocycles. The van der Waals surface area contributed by atoms with Crippen LogP contribution in [0.1, 0.15) is 0 Å². The third kappa shape index (κ3) is 3.13. The topological polar surface area (TPSA) is 87.0 Å². The predicted molar refractivity (Wildman–Crippen MR) is 35.9 cm³/mol. The van der Waals surface area contributed by atoms with E-state index in [1.54, 1.807) is 0 Å². The molecule has 0 unspecified atom stereocenters. The lowest BCUT2D eigenvalue weighted by Crippen LogP contribution is -2.40. The monoisotopic (exact) mass is 184 g/mol. The molecule has 0 spiro atoms. The van der Waals surface area contributed by atoms with E-state index >= 15 is 0 Å². The SMILES string of the molecule is O=C[C@H](OCl)[C@H](O)[C@H](O)CO. The number of carbonyl (C=O) groups excluding carboxylic acids is 1. The molecule has 0 amide bonds. The average Bonchev–Trinajstić information content (AvgIpc) is 2.05. The summed E-state index contributed by atoms with van der Waals surface area (Å²) in [6.45, 7) is -0.661. The van der Waals surface area contributed by atoms with Gasteiger partial charge < -0.3 is 20.1 Å². The van der Waals surface area contributed by atoms with Crippen LogP contribution in [0.25, 0.3) is 0 Å². The third-order valence-corrected chi connectivity index (χ3v) is 1.36. The predicted octanol–water partition coefficient (Wildman–Crippen LogP) is -1.56. The van der Waals surface area contributed by atoms with Crippen molar-refractivity contribution < 1.29 is 24.4 Å². The van der Waals surface area contributed by atoms with Gasteiger partial charge in [-0.25, -0.2) is 0 Å². The van der Waals surface area contributed by atoms with Crippen LogP contribution in [0.3, 0.4) is 0 Å². The molecule has 0 saturated heterocycles. The molecule has 0 aromatic carbocycles. The first-order valence-corrected chi connectivity index (χ1v) is 3.18. The zero-order chi connectivity index (χ0) is 8.85. The molecular weight excluding hydrogens is 176 g/mol. The van der Waals surface area contributed by atoms with Crippen molar-refractivity contribution in [2.24, 2.45) is 0 Å². The molecule has 3 atom stereocenters. The molecule has 0 aliphatic rings. The molecule has 5 nitrogen and oxygen atoms in total. The van der Waals surface area contributed by atoms with Gasteiger partial charge in [0, 0.05) is 0 Å². The van der Waals surface area contributed by atoms with Crippen LogP contribution in [0.15, 0.2) is 0 Å². The van der Waals surface area contributed by atoms with E-state index in [0.29, 0.717) is 0 Å². The standard InChI is InChI=1S/C5H9ClO5/c6-11-4(2-8)5(10)3(9)1-7/h2-5,7,9-10H,1H2/t3-,4+,5-/m1/s1. The summed E-state index contributed by atoms with van der Waals surface area (Å²) in [5.41, 5.74) is 0. The summed E-state index contributed by atoms with van der Waals surface area (Å²) in [4.78, 5) is 10.0. The largest absolute Gasteiger partial charge is 0.394 e. The Bertz CT molecular complexity index is 119. The van der Waals surface area contributed by atoms with Crippen LogP contribution >= 0.6 is 11.9 Å². The Morgan fingerprint density at radius 3 is 2.36 bits per heavy atom. The van der Waals surface area contributed by atoms with Crippen LogP contribution in [0.5, 0.6) is 0 Å². The Morgan fingerprint density at radius 2 is 2.09 bits per heavy atom. The third-order valence-electron chi connectivity index (χ3n) is 1.15. The zero-order valence-electron chi connectivity index (χ0n) is 5.55. The van der Waals surface area contributed by atoms with E-state index < -0.39 is 24.9 Å². The highest BCUT2D eigenvalue weighted by Crippen LogP contribution is 2.03. The Balaban J connectivity index is 3.96. The molecular formula is C5H9ClO5. The number of aldehydes is 1. The first-order valence-electron chi connectivity index (χ1n) is 2.87. The van der Waals surface area contributed by atoms with Crippen LogP contribution in [0.2, 0.25) is 0 Å². The maximum Gasteiger partial charge on any atom is 0.162 e. The quantitative estimate of drug-likeness (QED) is 0.450. The number of rotatable bonds is 5. The van der Waals surface area contributed by atoms with Crippen molar-refractivity contribution in [2.45, 2.75) is 18.3 Å². The second kappa shape index (κ2) is 5.45. The van der Waals surface area contributed by atoms with Crippen LogP contribution in [-0.2, 0) is 9.08 Å². The van der Waals surface area contributed by atoms with Gasteiger partial charge in [0.1, 0.15) is 12.2 Å². The lowest BCUT2D eigenvalue weighted by molar-refractivity contribution is -0.124. The minimum atomic E-state index is -1.50. The summed E-state index contributed by atoms with van der Waals surface area (Å²) >= 11 is 4.78. The van der Waals surface area contributed by atoms with E-state index in [-0.39, 0.29) is 6.29 Å². The van der Waals surface area contributed by atoms with Gasteiger partial charge >= 0.3 is 0 Å². The minimum absolute atomic E-state index is 0.233. The molecule has 0 fully saturated rings. The van der Waals surface area contributed by atoms with E-state index in [0.717, 1.165) is 0 Å². The Hall–Kier alpha value is -0.200. The second-order valence-electron chi connectivity index (χ2n) is 1.93. The van der Waals surface area contributed by atoms with E-state index in [2.05, 4.69) is 4.29 Å². The first-order chi connectivity index (χ1) is 5.17. The smallest absolute Gasteiger partial charge is 0.162 e. The highest BCUT2D eigenvalue weighted by Gasteiger charge is 2.26. The van der Waals surface area contributed by atoms with Crippen molar-refractivity contribution in [3.05, 3.63) is 0 Å². The van der Waals surface area contributed by atoms with Gasteiger partial charge in [0.25, 0.3) is 0 Å². The molecule has 0 aliphatic carbocycles. The summed E-state index contributed by atoms with van der Waals surface area (Å²) in [7, 11) is 0. The zero-order valence-corrected chi connectivity index (χ0v) is 6.31. The van der Waals surface area contributed by atoms with Crippen LogP contribution in [0, 0.1) is 0 Å². The van der Waals surface area contributed by atoms with Crippen molar-refractivity contribution in [1.29, 1.82) is 0 Å². The molecule has 66 valence electrons. The highest BCUT2D eigenvalue weighted by atomic mass is 35.5. The lowest BCUT2D eigenvalue weighted by atomic mass is 10.1. The normalized spacial score (nSPS) is 18.9. The van der Waals surface area contributed by atoms with Gasteiger partial charge in [0.05, 0.1) is 18.5 Å². The molecule has 0 aromatic rings.